The van der Waals surface area contributed by atoms with E-state index in [1.54, 1.807) is 0 Å². The van der Waals surface area contributed by atoms with E-state index in [1.807, 2.05) is 5.10 Å². The van der Waals surface area contributed by atoms with Gasteiger partial charge >= 0.3 is 5.82 Å². The van der Waals surface area contributed by atoms with E-state index in [4.69, 9.17) is 5.11 Å². The van der Waals surface area contributed by atoms with E-state index in [2.05, 4.69) is 5.10 Å². The zero-order valence-electron chi connectivity index (χ0n) is 6.15. The molecule has 1 aromatic rings. The molecule has 8 heteroatoms. The number of aliphatic hydroxyl groups is 1. The fourth-order valence-electron chi connectivity index (χ4n) is 0.787. The van der Waals surface area contributed by atoms with Gasteiger partial charge in [0.05, 0.1) is 6.20 Å². The summed E-state index contributed by atoms with van der Waals surface area (Å²) in [7, 11) is 0. The number of rotatable bonds is 3. The Labute approximate surface area is 70.3 Å². The molecule has 0 bridgehead atoms. The summed E-state index contributed by atoms with van der Waals surface area (Å²) in [6.45, 7) is 0. The number of nitrogens with zero attached hydrogens (tertiary/aromatic N) is 2. The number of alkyl halides is 2. The number of H-pyrrole nitrogens is 1. The van der Waals surface area contributed by atoms with Crippen LogP contribution in [0.4, 0.5) is 14.6 Å². The second kappa shape index (κ2) is 3.44. The summed E-state index contributed by atoms with van der Waals surface area (Å²) in [6.07, 6.45) is -4.45. The van der Waals surface area contributed by atoms with Crippen molar-refractivity contribution < 1.29 is 18.8 Å². The van der Waals surface area contributed by atoms with Crippen LogP contribution < -0.4 is 0 Å². The van der Waals surface area contributed by atoms with Crippen molar-refractivity contribution in [2.75, 3.05) is 0 Å². The average molecular weight is 193 g/mol. The second-order valence-electron chi connectivity index (χ2n) is 2.21. The maximum atomic E-state index is 11.9. The molecule has 1 atom stereocenters. The van der Waals surface area contributed by atoms with Crippen molar-refractivity contribution in [1.82, 2.24) is 10.2 Å². The SMILES string of the molecule is O=[N+]([O-])c1[nH]ncc1C(O)C(F)F. The first kappa shape index (κ1) is 9.52. The van der Waals surface area contributed by atoms with Gasteiger partial charge in [0.25, 0.3) is 6.43 Å². The van der Waals surface area contributed by atoms with Gasteiger partial charge in [0.2, 0.25) is 0 Å². The maximum absolute atomic E-state index is 11.9. The second-order valence-corrected chi connectivity index (χ2v) is 2.21. The molecular formula is C5H5F2N3O3. The number of nitrogens with one attached hydrogen (secondary N) is 1. The third-order valence-corrected chi connectivity index (χ3v) is 1.39. The molecule has 1 rings (SSSR count). The molecule has 1 unspecified atom stereocenters. The van der Waals surface area contributed by atoms with Crippen LogP contribution in [0.5, 0.6) is 0 Å². The lowest BCUT2D eigenvalue weighted by Gasteiger charge is -2.05. The van der Waals surface area contributed by atoms with Crippen LogP contribution in [-0.2, 0) is 0 Å². The molecule has 1 aromatic heterocycles. The molecule has 6 nitrogen and oxygen atoms in total. The Bertz CT molecular complexity index is 314. The Balaban J connectivity index is 3.00. The Morgan fingerprint density at radius 1 is 1.69 bits per heavy atom. The van der Waals surface area contributed by atoms with Crippen molar-refractivity contribution >= 4 is 5.82 Å². The van der Waals surface area contributed by atoms with Gasteiger partial charge in [-0.2, -0.15) is 0 Å². The Hall–Kier alpha value is -1.57. The normalized spacial score (nSPS) is 13.2. The molecule has 0 saturated carbocycles. The molecule has 0 aliphatic carbocycles. The van der Waals surface area contributed by atoms with E-state index in [1.165, 1.54) is 0 Å². The van der Waals surface area contributed by atoms with Gasteiger partial charge in [-0.1, -0.05) is 5.10 Å². The number of aromatic nitrogens is 2. The van der Waals surface area contributed by atoms with Gasteiger partial charge in [0.1, 0.15) is 11.7 Å². The molecule has 13 heavy (non-hydrogen) atoms. The Morgan fingerprint density at radius 3 is 2.77 bits per heavy atom. The lowest BCUT2D eigenvalue weighted by Crippen LogP contribution is -2.09. The third-order valence-electron chi connectivity index (χ3n) is 1.39. The van der Waals surface area contributed by atoms with Crippen LogP contribution in [0, 0.1) is 10.1 Å². The minimum Gasteiger partial charge on any atom is -0.382 e. The van der Waals surface area contributed by atoms with Crippen molar-refractivity contribution in [1.29, 1.82) is 0 Å². The van der Waals surface area contributed by atoms with E-state index in [0.717, 1.165) is 6.20 Å². The number of aromatic amines is 1. The molecule has 0 aliphatic heterocycles. The van der Waals surface area contributed by atoms with Crippen LogP contribution in [0.1, 0.15) is 11.7 Å². The summed E-state index contributed by atoms with van der Waals surface area (Å²) >= 11 is 0. The van der Waals surface area contributed by atoms with E-state index in [9.17, 15) is 18.9 Å². The molecule has 0 aromatic carbocycles. The Morgan fingerprint density at radius 2 is 2.31 bits per heavy atom. The minimum absolute atomic E-state index is 0.514. The maximum Gasteiger partial charge on any atom is 0.348 e. The van der Waals surface area contributed by atoms with E-state index in [0.29, 0.717) is 0 Å². The molecule has 0 saturated heterocycles. The molecule has 0 aliphatic rings. The summed E-state index contributed by atoms with van der Waals surface area (Å²) in [5.41, 5.74) is -0.514. The van der Waals surface area contributed by atoms with Crippen LogP contribution in [0.15, 0.2) is 6.20 Å². The number of nitro groups is 1. The Kier molecular flexibility index (Phi) is 2.52. The van der Waals surface area contributed by atoms with Crippen LogP contribution in [-0.4, -0.2) is 26.7 Å². The van der Waals surface area contributed by atoms with Gasteiger partial charge in [0.15, 0.2) is 0 Å². The van der Waals surface area contributed by atoms with Gasteiger partial charge < -0.3 is 15.2 Å². The van der Waals surface area contributed by atoms with E-state index < -0.39 is 28.8 Å². The fraction of sp³-hybridized carbons (Fsp3) is 0.400. The summed E-state index contributed by atoms with van der Waals surface area (Å²) in [4.78, 5) is 9.27. The first-order valence-electron chi connectivity index (χ1n) is 3.18. The van der Waals surface area contributed by atoms with Gasteiger partial charge in [-0.05, 0) is 4.92 Å². The largest absolute Gasteiger partial charge is 0.382 e. The highest BCUT2D eigenvalue weighted by atomic mass is 19.3. The predicted molar refractivity (Wildman–Crippen MR) is 36.2 cm³/mol. The van der Waals surface area contributed by atoms with Crippen molar-refractivity contribution in [3.8, 4) is 0 Å². The zero-order chi connectivity index (χ0) is 10.0. The number of aliphatic hydroxyl groups excluding tert-OH is 1. The van der Waals surface area contributed by atoms with Crippen molar-refractivity contribution in [3.63, 3.8) is 0 Å². The summed E-state index contributed by atoms with van der Waals surface area (Å²) in [5, 5.41) is 24.1. The number of halogens is 2. The van der Waals surface area contributed by atoms with E-state index in [-0.39, 0.29) is 0 Å². The third kappa shape index (κ3) is 1.78. The molecule has 0 fully saturated rings. The highest BCUT2D eigenvalue weighted by molar-refractivity contribution is 5.31. The first-order valence-corrected chi connectivity index (χ1v) is 3.18. The molecule has 2 N–H and O–H groups in total. The zero-order valence-corrected chi connectivity index (χ0v) is 6.15. The molecule has 0 radical (unpaired) electrons. The smallest absolute Gasteiger partial charge is 0.348 e. The molecule has 0 spiro atoms. The lowest BCUT2D eigenvalue weighted by molar-refractivity contribution is -0.391. The van der Waals surface area contributed by atoms with Gasteiger partial charge in [-0.25, -0.2) is 8.78 Å². The van der Waals surface area contributed by atoms with Gasteiger partial charge in [-0.3, -0.25) is 0 Å². The van der Waals surface area contributed by atoms with Crippen LogP contribution in [0.25, 0.3) is 0 Å². The molecule has 1 heterocycles. The average Bonchev–Trinajstić information content (AvgIpc) is 2.50. The van der Waals surface area contributed by atoms with Crippen molar-refractivity contribution in [2.24, 2.45) is 0 Å². The summed E-state index contributed by atoms with van der Waals surface area (Å²) in [5.74, 6) is -0.715. The van der Waals surface area contributed by atoms with Crippen molar-refractivity contribution in [3.05, 3.63) is 21.9 Å². The van der Waals surface area contributed by atoms with Gasteiger partial charge in [0, 0.05) is 0 Å². The van der Waals surface area contributed by atoms with E-state index >= 15 is 0 Å². The standard InChI is InChI=1S/C5H5F2N3O3/c6-4(7)3(11)2-1-8-9-5(2)10(12)13/h1,3-4,11H,(H,8,9). The van der Waals surface area contributed by atoms with Crippen LogP contribution >= 0.6 is 0 Å². The summed E-state index contributed by atoms with van der Waals surface area (Å²) in [6, 6.07) is 0. The molecule has 72 valence electrons. The van der Waals surface area contributed by atoms with Crippen LogP contribution in [0.2, 0.25) is 0 Å². The predicted octanol–water partition coefficient (Wildman–Crippen LogP) is 0.616. The molecule has 0 amide bonds. The lowest BCUT2D eigenvalue weighted by atomic mass is 10.2. The highest BCUT2D eigenvalue weighted by Crippen LogP contribution is 2.26. The number of hydrogen-bond donors (Lipinski definition) is 2. The number of hydrogen-bond acceptors (Lipinski definition) is 4. The minimum atomic E-state index is -3.07. The van der Waals surface area contributed by atoms with Crippen LogP contribution in [0.3, 0.4) is 0 Å². The van der Waals surface area contributed by atoms with Crippen molar-refractivity contribution in [2.45, 2.75) is 12.5 Å². The molecular weight excluding hydrogens is 188 g/mol. The topological polar surface area (TPSA) is 92.0 Å². The summed E-state index contributed by atoms with van der Waals surface area (Å²) < 4.78 is 23.8. The first-order chi connectivity index (χ1) is 6.04. The highest BCUT2D eigenvalue weighted by Gasteiger charge is 2.28. The quantitative estimate of drug-likeness (QED) is 0.543. The fourth-order valence-corrected chi connectivity index (χ4v) is 0.787. The van der Waals surface area contributed by atoms with Gasteiger partial charge in [-0.15, -0.1) is 5.10 Å². The monoisotopic (exact) mass is 193 g/mol.